The van der Waals surface area contributed by atoms with E-state index in [1.165, 1.54) is 50.9 Å². The summed E-state index contributed by atoms with van der Waals surface area (Å²) < 4.78 is 0. The summed E-state index contributed by atoms with van der Waals surface area (Å²) in [5, 5.41) is 0. The zero-order chi connectivity index (χ0) is 12.2. The molecule has 1 unspecified atom stereocenters. The van der Waals surface area contributed by atoms with Crippen LogP contribution in [0.3, 0.4) is 0 Å². The second-order valence-electron chi connectivity index (χ2n) is 4.41. The van der Waals surface area contributed by atoms with E-state index in [1.54, 1.807) is 0 Å². The van der Waals surface area contributed by atoms with E-state index in [2.05, 4.69) is 25.0 Å². The normalized spacial score (nSPS) is 13.3. The van der Waals surface area contributed by atoms with Crippen LogP contribution in [0.2, 0.25) is 0 Å². The van der Waals surface area contributed by atoms with Crippen LogP contribution in [0, 0.1) is 0 Å². The van der Waals surface area contributed by atoms with Crippen molar-refractivity contribution in [3.8, 4) is 0 Å². The minimum atomic E-state index is 0.602. The minimum Gasteiger partial charge on any atom is -0.329 e. The predicted molar refractivity (Wildman–Crippen MR) is 77.2 cm³/mol. The molecular weight excluding hydrogens is 216 g/mol. The van der Waals surface area contributed by atoms with Crippen LogP contribution in [-0.4, -0.2) is 42.6 Å². The fraction of sp³-hybridized carbons (Fsp3) is 1.00. The van der Waals surface area contributed by atoms with Crippen LogP contribution in [0.15, 0.2) is 0 Å². The SMILES string of the molecule is CCCCN(CCCC)C(CN)CCSC. The van der Waals surface area contributed by atoms with Crippen molar-refractivity contribution in [3.63, 3.8) is 0 Å². The van der Waals surface area contributed by atoms with Crippen molar-refractivity contribution in [1.29, 1.82) is 0 Å². The molecule has 0 saturated heterocycles. The molecule has 0 amide bonds. The van der Waals surface area contributed by atoms with Crippen molar-refractivity contribution in [2.24, 2.45) is 5.73 Å². The standard InChI is InChI=1S/C13H30N2S/c1-4-6-9-15(10-7-5-2)13(12-14)8-11-16-3/h13H,4-12,14H2,1-3H3. The predicted octanol–water partition coefficient (Wildman–Crippen LogP) is 2.97. The lowest BCUT2D eigenvalue weighted by atomic mass is 10.1. The van der Waals surface area contributed by atoms with Crippen molar-refractivity contribution in [2.45, 2.75) is 52.0 Å². The average Bonchev–Trinajstić information content (AvgIpc) is 2.32. The van der Waals surface area contributed by atoms with Crippen LogP contribution in [0.1, 0.15) is 46.0 Å². The third-order valence-electron chi connectivity index (χ3n) is 3.04. The summed E-state index contributed by atoms with van der Waals surface area (Å²) in [6.07, 6.45) is 8.59. The van der Waals surface area contributed by atoms with Gasteiger partial charge in [0.15, 0.2) is 0 Å². The van der Waals surface area contributed by atoms with Gasteiger partial charge in [-0.3, -0.25) is 4.90 Å². The summed E-state index contributed by atoms with van der Waals surface area (Å²) in [5.74, 6) is 1.23. The molecule has 0 aromatic heterocycles. The van der Waals surface area contributed by atoms with Crippen LogP contribution in [0.5, 0.6) is 0 Å². The van der Waals surface area contributed by atoms with Crippen LogP contribution >= 0.6 is 11.8 Å². The largest absolute Gasteiger partial charge is 0.329 e. The van der Waals surface area contributed by atoms with Gasteiger partial charge in [-0.05, 0) is 44.4 Å². The summed E-state index contributed by atoms with van der Waals surface area (Å²) in [6.45, 7) is 7.79. The highest BCUT2D eigenvalue weighted by atomic mass is 32.2. The fourth-order valence-electron chi connectivity index (χ4n) is 1.90. The third-order valence-corrected chi connectivity index (χ3v) is 3.69. The molecule has 16 heavy (non-hydrogen) atoms. The molecule has 0 aromatic rings. The lowest BCUT2D eigenvalue weighted by Gasteiger charge is -2.30. The molecule has 0 radical (unpaired) electrons. The lowest BCUT2D eigenvalue weighted by Crippen LogP contribution is -2.42. The zero-order valence-corrected chi connectivity index (χ0v) is 12.2. The molecule has 0 rings (SSSR count). The highest BCUT2D eigenvalue weighted by Gasteiger charge is 2.15. The molecule has 3 heteroatoms. The monoisotopic (exact) mass is 246 g/mol. The first-order valence-electron chi connectivity index (χ1n) is 6.73. The highest BCUT2D eigenvalue weighted by Crippen LogP contribution is 2.10. The summed E-state index contributed by atoms with van der Waals surface area (Å²) in [4.78, 5) is 2.61. The van der Waals surface area contributed by atoms with Gasteiger partial charge < -0.3 is 5.73 Å². The topological polar surface area (TPSA) is 29.3 Å². The molecule has 0 saturated carbocycles. The number of hydrogen-bond donors (Lipinski definition) is 1. The van der Waals surface area contributed by atoms with Gasteiger partial charge >= 0.3 is 0 Å². The highest BCUT2D eigenvalue weighted by molar-refractivity contribution is 7.98. The maximum atomic E-state index is 5.91. The number of unbranched alkanes of at least 4 members (excludes halogenated alkanes) is 2. The van der Waals surface area contributed by atoms with Gasteiger partial charge in [-0.15, -0.1) is 0 Å². The van der Waals surface area contributed by atoms with Crippen molar-refractivity contribution in [1.82, 2.24) is 4.90 Å². The summed E-state index contributed by atoms with van der Waals surface area (Å²) in [5.41, 5.74) is 5.91. The van der Waals surface area contributed by atoms with Crippen LogP contribution < -0.4 is 5.73 Å². The molecule has 2 N–H and O–H groups in total. The molecule has 0 bridgehead atoms. The number of nitrogens with zero attached hydrogens (tertiary/aromatic N) is 1. The van der Waals surface area contributed by atoms with E-state index in [1.807, 2.05) is 11.8 Å². The second-order valence-corrected chi connectivity index (χ2v) is 5.40. The Labute approximate surface area is 106 Å². The molecule has 0 heterocycles. The Bertz CT molecular complexity index is 134. The minimum absolute atomic E-state index is 0.602. The van der Waals surface area contributed by atoms with Gasteiger partial charge in [0.2, 0.25) is 0 Å². The Morgan fingerprint density at radius 3 is 2.06 bits per heavy atom. The van der Waals surface area contributed by atoms with Gasteiger partial charge in [0, 0.05) is 12.6 Å². The van der Waals surface area contributed by atoms with E-state index in [0.29, 0.717) is 6.04 Å². The molecule has 0 spiro atoms. The van der Waals surface area contributed by atoms with E-state index in [4.69, 9.17) is 5.73 Å². The Balaban J connectivity index is 4.06. The van der Waals surface area contributed by atoms with Gasteiger partial charge in [0.25, 0.3) is 0 Å². The van der Waals surface area contributed by atoms with E-state index >= 15 is 0 Å². The Hall–Kier alpha value is 0.270. The second kappa shape index (κ2) is 11.7. The first-order valence-corrected chi connectivity index (χ1v) is 8.12. The van der Waals surface area contributed by atoms with Crippen molar-refractivity contribution >= 4 is 11.8 Å². The Morgan fingerprint density at radius 1 is 1.12 bits per heavy atom. The number of nitrogens with two attached hydrogens (primary N) is 1. The van der Waals surface area contributed by atoms with E-state index in [-0.39, 0.29) is 0 Å². The molecule has 0 aromatic carbocycles. The fourth-order valence-corrected chi connectivity index (χ4v) is 2.41. The van der Waals surface area contributed by atoms with Gasteiger partial charge in [0.05, 0.1) is 0 Å². The number of thioether (sulfide) groups is 1. The molecule has 0 aliphatic rings. The van der Waals surface area contributed by atoms with Crippen molar-refractivity contribution < 1.29 is 0 Å². The average molecular weight is 246 g/mol. The summed E-state index contributed by atoms with van der Waals surface area (Å²) in [7, 11) is 0. The quantitative estimate of drug-likeness (QED) is 0.608. The molecule has 2 nitrogen and oxygen atoms in total. The molecule has 0 aliphatic heterocycles. The summed E-state index contributed by atoms with van der Waals surface area (Å²) in [6, 6.07) is 0.602. The van der Waals surface area contributed by atoms with Gasteiger partial charge in [-0.1, -0.05) is 26.7 Å². The van der Waals surface area contributed by atoms with Gasteiger partial charge in [-0.2, -0.15) is 11.8 Å². The first-order chi connectivity index (χ1) is 7.79. The summed E-state index contributed by atoms with van der Waals surface area (Å²) >= 11 is 1.93. The van der Waals surface area contributed by atoms with Crippen molar-refractivity contribution in [3.05, 3.63) is 0 Å². The zero-order valence-electron chi connectivity index (χ0n) is 11.4. The van der Waals surface area contributed by atoms with Gasteiger partial charge in [0.1, 0.15) is 0 Å². The molecular formula is C13H30N2S. The molecule has 0 fully saturated rings. The van der Waals surface area contributed by atoms with E-state index in [0.717, 1.165) is 6.54 Å². The van der Waals surface area contributed by atoms with Crippen LogP contribution in [0.25, 0.3) is 0 Å². The number of hydrogen-bond acceptors (Lipinski definition) is 3. The maximum Gasteiger partial charge on any atom is 0.0226 e. The number of rotatable bonds is 11. The van der Waals surface area contributed by atoms with E-state index in [9.17, 15) is 0 Å². The molecule has 1 atom stereocenters. The van der Waals surface area contributed by atoms with E-state index < -0.39 is 0 Å². The van der Waals surface area contributed by atoms with Crippen molar-refractivity contribution in [2.75, 3.05) is 31.6 Å². The molecule has 98 valence electrons. The molecule has 0 aliphatic carbocycles. The lowest BCUT2D eigenvalue weighted by molar-refractivity contribution is 0.190. The smallest absolute Gasteiger partial charge is 0.0226 e. The maximum absolute atomic E-state index is 5.91. The Morgan fingerprint density at radius 2 is 1.69 bits per heavy atom. The van der Waals surface area contributed by atoms with Crippen LogP contribution in [0.4, 0.5) is 0 Å². The Kier molecular flexibility index (Phi) is 11.9. The van der Waals surface area contributed by atoms with Gasteiger partial charge in [-0.25, -0.2) is 0 Å². The van der Waals surface area contributed by atoms with Crippen LogP contribution in [-0.2, 0) is 0 Å². The third kappa shape index (κ3) is 7.53. The first kappa shape index (κ1) is 16.3.